The van der Waals surface area contributed by atoms with Crippen LogP contribution in [0.4, 0.5) is 0 Å². The van der Waals surface area contributed by atoms with Crippen molar-refractivity contribution in [2.75, 3.05) is 0 Å². The van der Waals surface area contributed by atoms with E-state index in [0.717, 1.165) is 0 Å². The largest absolute Gasteiger partial charge is 0.508 e. The molecule has 0 aliphatic rings. The highest BCUT2D eigenvalue weighted by Crippen LogP contribution is 2.29. The average Bonchev–Trinajstić information content (AvgIpc) is 2.16. The molecule has 0 saturated heterocycles. The molecule has 0 aliphatic carbocycles. The highest BCUT2D eigenvalue weighted by molar-refractivity contribution is 5.34. The van der Waals surface area contributed by atoms with Crippen LogP contribution in [0.25, 0.3) is 0 Å². The highest BCUT2D eigenvalue weighted by atomic mass is 16.3. The van der Waals surface area contributed by atoms with Crippen molar-refractivity contribution in [2.24, 2.45) is 5.92 Å². The minimum Gasteiger partial charge on any atom is -0.508 e. The number of hydrogen-bond acceptors (Lipinski definition) is 2. The zero-order chi connectivity index (χ0) is 9.84. The fraction of sp³-hybridized carbons (Fsp3) is 0.273. The van der Waals surface area contributed by atoms with E-state index in [2.05, 4.69) is 6.58 Å². The summed E-state index contributed by atoms with van der Waals surface area (Å²) < 4.78 is 0. The standard InChI is InChI=1S/C11H14O2/c1-3-8(2)11(13)9-6-4-5-7-10(9)12/h3-8,11-13H,1H2,2H3/t8-,11+/m0/s1. The summed E-state index contributed by atoms with van der Waals surface area (Å²) in [5.74, 6) is 0.0667. The molecule has 2 heteroatoms. The molecule has 0 amide bonds. The normalized spacial score (nSPS) is 14.9. The summed E-state index contributed by atoms with van der Waals surface area (Å²) in [6.45, 7) is 5.45. The fourth-order valence-electron chi connectivity index (χ4n) is 1.15. The van der Waals surface area contributed by atoms with Gasteiger partial charge in [0.15, 0.2) is 0 Å². The van der Waals surface area contributed by atoms with Crippen molar-refractivity contribution in [3.63, 3.8) is 0 Å². The Morgan fingerprint density at radius 1 is 1.38 bits per heavy atom. The van der Waals surface area contributed by atoms with Crippen molar-refractivity contribution < 1.29 is 10.2 Å². The molecule has 1 aromatic rings. The second-order valence-electron chi connectivity index (χ2n) is 3.10. The van der Waals surface area contributed by atoms with Crippen LogP contribution in [0.3, 0.4) is 0 Å². The molecule has 13 heavy (non-hydrogen) atoms. The summed E-state index contributed by atoms with van der Waals surface area (Å²) in [7, 11) is 0. The van der Waals surface area contributed by atoms with Gasteiger partial charge in [-0.15, -0.1) is 6.58 Å². The number of rotatable bonds is 3. The third-order valence-corrected chi connectivity index (χ3v) is 2.13. The molecule has 2 nitrogen and oxygen atoms in total. The van der Waals surface area contributed by atoms with Crippen molar-refractivity contribution in [2.45, 2.75) is 13.0 Å². The first-order chi connectivity index (χ1) is 6.16. The summed E-state index contributed by atoms with van der Waals surface area (Å²) in [5, 5.41) is 19.2. The van der Waals surface area contributed by atoms with Gasteiger partial charge in [0.05, 0.1) is 6.10 Å². The quantitative estimate of drug-likeness (QED) is 0.697. The molecule has 0 bridgehead atoms. The second kappa shape index (κ2) is 4.10. The van der Waals surface area contributed by atoms with Crippen LogP contribution in [-0.4, -0.2) is 10.2 Å². The van der Waals surface area contributed by atoms with Gasteiger partial charge in [0.1, 0.15) is 5.75 Å². The van der Waals surface area contributed by atoms with Crippen molar-refractivity contribution in [3.05, 3.63) is 42.5 Å². The summed E-state index contributed by atoms with van der Waals surface area (Å²) in [4.78, 5) is 0. The molecule has 0 unspecified atom stereocenters. The number of phenolic OH excluding ortho intramolecular Hbond substituents is 1. The van der Waals surface area contributed by atoms with Gasteiger partial charge in [-0.3, -0.25) is 0 Å². The summed E-state index contributed by atoms with van der Waals surface area (Å²) in [5.41, 5.74) is 0.551. The maximum absolute atomic E-state index is 9.74. The first-order valence-corrected chi connectivity index (χ1v) is 4.25. The van der Waals surface area contributed by atoms with E-state index in [1.54, 1.807) is 30.3 Å². The molecule has 0 spiro atoms. The molecule has 0 aromatic heterocycles. The molecule has 1 rings (SSSR count). The van der Waals surface area contributed by atoms with E-state index in [1.165, 1.54) is 0 Å². The first kappa shape index (κ1) is 9.81. The van der Waals surface area contributed by atoms with Gasteiger partial charge >= 0.3 is 0 Å². The molecule has 0 aliphatic heterocycles. The molecule has 2 atom stereocenters. The molecule has 0 heterocycles. The molecule has 2 N–H and O–H groups in total. The molecule has 1 aromatic carbocycles. The van der Waals surface area contributed by atoms with E-state index in [0.29, 0.717) is 5.56 Å². The van der Waals surface area contributed by atoms with Gasteiger partial charge in [-0.1, -0.05) is 31.2 Å². The predicted octanol–water partition coefficient (Wildman–Crippen LogP) is 2.25. The number of aliphatic hydroxyl groups is 1. The Bertz CT molecular complexity index is 294. The lowest BCUT2D eigenvalue weighted by Gasteiger charge is -2.16. The van der Waals surface area contributed by atoms with Crippen molar-refractivity contribution >= 4 is 0 Å². The van der Waals surface area contributed by atoms with E-state index in [-0.39, 0.29) is 11.7 Å². The summed E-state index contributed by atoms with van der Waals surface area (Å²) in [6.07, 6.45) is 0.982. The Labute approximate surface area is 78.2 Å². The van der Waals surface area contributed by atoms with Gasteiger partial charge in [0.2, 0.25) is 0 Å². The van der Waals surface area contributed by atoms with Crippen molar-refractivity contribution in [1.29, 1.82) is 0 Å². The van der Waals surface area contributed by atoms with E-state index in [1.807, 2.05) is 6.92 Å². The van der Waals surface area contributed by atoms with Crippen molar-refractivity contribution in [1.82, 2.24) is 0 Å². The lowest BCUT2D eigenvalue weighted by Crippen LogP contribution is -2.06. The third-order valence-electron chi connectivity index (χ3n) is 2.13. The topological polar surface area (TPSA) is 40.5 Å². The van der Waals surface area contributed by atoms with Gasteiger partial charge in [0.25, 0.3) is 0 Å². The Kier molecular flexibility index (Phi) is 3.09. The van der Waals surface area contributed by atoms with Crippen LogP contribution in [0.15, 0.2) is 36.9 Å². The summed E-state index contributed by atoms with van der Waals surface area (Å²) >= 11 is 0. The maximum Gasteiger partial charge on any atom is 0.121 e. The van der Waals surface area contributed by atoms with Crippen LogP contribution >= 0.6 is 0 Å². The Morgan fingerprint density at radius 3 is 2.54 bits per heavy atom. The van der Waals surface area contributed by atoms with Gasteiger partial charge in [-0.05, 0) is 6.07 Å². The minimum atomic E-state index is -0.682. The average molecular weight is 178 g/mol. The SMILES string of the molecule is C=C[C@H](C)[C@@H](O)c1ccccc1O. The Balaban J connectivity index is 2.94. The number of para-hydroxylation sites is 1. The van der Waals surface area contributed by atoms with E-state index >= 15 is 0 Å². The number of hydrogen-bond donors (Lipinski definition) is 2. The monoisotopic (exact) mass is 178 g/mol. The Morgan fingerprint density at radius 2 is 2.00 bits per heavy atom. The van der Waals surface area contributed by atoms with Crippen LogP contribution < -0.4 is 0 Å². The summed E-state index contributed by atoms with van der Waals surface area (Å²) in [6, 6.07) is 6.78. The van der Waals surface area contributed by atoms with E-state index < -0.39 is 6.10 Å². The molecule has 0 radical (unpaired) electrons. The number of phenols is 1. The van der Waals surface area contributed by atoms with Crippen LogP contribution in [0.1, 0.15) is 18.6 Å². The van der Waals surface area contributed by atoms with Crippen LogP contribution in [0, 0.1) is 5.92 Å². The lowest BCUT2D eigenvalue weighted by molar-refractivity contribution is 0.136. The highest BCUT2D eigenvalue weighted by Gasteiger charge is 2.15. The van der Waals surface area contributed by atoms with Crippen molar-refractivity contribution in [3.8, 4) is 5.75 Å². The molecule has 0 fully saturated rings. The van der Waals surface area contributed by atoms with Gasteiger partial charge < -0.3 is 10.2 Å². The molecule has 0 saturated carbocycles. The maximum atomic E-state index is 9.74. The zero-order valence-corrected chi connectivity index (χ0v) is 7.64. The minimum absolute atomic E-state index is 0.0618. The van der Waals surface area contributed by atoms with Gasteiger partial charge in [-0.2, -0.15) is 0 Å². The van der Waals surface area contributed by atoms with E-state index in [9.17, 15) is 10.2 Å². The predicted molar refractivity (Wildman–Crippen MR) is 52.4 cm³/mol. The number of aromatic hydroxyl groups is 1. The molecular formula is C11H14O2. The number of benzene rings is 1. The number of aliphatic hydroxyl groups excluding tert-OH is 1. The zero-order valence-electron chi connectivity index (χ0n) is 7.64. The first-order valence-electron chi connectivity index (χ1n) is 4.25. The van der Waals surface area contributed by atoms with Gasteiger partial charge in [0, 0.05) is 11.5 Å². The molecule has 70 valence electrons. The van der Waals surface area contributed by atoms with Crippen LogP contribution in [0.5, 0.6) is 5.75 Å². The second-order valence-corrected chi connectivity index (χ2v) is 3.10. The lowest BCUT2D eigenvalue weighted by atomic mass is 9.97. The third kappa shape index (κ3) is 2.10. The molecular weight excluding hydrogens is 164 g/mol. The fourth-order valence-corrected chi connectivity index (χ4v) is 1.15. The van der Waals surface area contributed by atoms with E-state index in [4.69, 9.17) is 0 Å². The van der Waals surface area contributed by atoms with Crippen LogP contribution in [0.2, 0.25) is 0 Å². The van der Waals surface area contributed by atoms with Gasteiger partial charge in [-0.25, -0.2) is 0 Å². The van der Waals surface area contributed by atoms with Crippen LogP contribution in [-0.2, 0) is 0 Å². The smallest absolute Gasteiger partial charge is 0.121 e. The Hall–Kier alpha value is -1.28.